The van der Waals surface area contributed by atoms with Crippen molar-refractivity contribution in [2.75, 3.05) is 0 Å². The van der Waals surface area contributed by atoms with Crippen LogP contribution < -0.4 is 18.9 Å². The third kappa shape index (κ3) is 2.89. The van der Waals surface area contributed by atoms with Crippen LogP contribution in [0.1, 0.15) is 10.4 Å². The zero-order chi connectivity index (χ0) is 11.7. The molecular weight excluding hydrogens is 237 g/mol. The third-order valence-corrected chi connectivity index (χ3v) is 2.43. The first-order valence-electron chi connectivity index (χ1n) is 3.70. The van der Waals surface area contributed by atoms with Gasteiger partial charge in [-0.25, -0.2) is 8.42 Å². The van der Waals surface area contributed by atoms with Gasteiger partial charge in [-0.15, -0.1) is 0 Å². The maximum absolute atomic E-state index is 12.8. The zero-order valence-electron chi connectivity index (χ0n) is 8.18. The van der Waals surface area contributed by atoms with E-state index >= 15 is 0 Å². The summed E-state index contributed by atoms with van der Waals surface area (Å²) in [4.78, 5) is 11.0. The van der Waals surface area contributed by atoms with E-state index in [1.165, 1.54) is 18.2 Å². The Kier molecular flexibility index (Phi) is 4.82. The maximum Gasteiger partial charge on any atom is 1.00 e. The molecule has 0 bridgehead atoms. The number of Topliss-reactive ketones (excluding diaryl/α,β-unsaturated/α-hetero) is 1. The first-order valence-corrected chi connectivity index (χ1v) is 5.11. The van der Waals surface area contributed by atoms with E-state index < -0.39 is 26.7 Å². The molecule has 4 nitrogen and oxygen atoms in total. The van der Waals surface area contributed by atoms with Crippen molar-refractivity contribution >= 4 is 15.9 Å². The molecule has 0 radical (unpaired) electrons. The van der Waals surface area contributed by atoms with Crippen molar-refractivity contribution < 1.29 is 45.4 Å². The molecular formula is C8H5F2LiO4S. The van der Waals surface area contributed by atoms with Crippen LogP contribution in [-0.4, -0.2) is 24.0 Å². The Morgan fingerprint density at radius 1 is 1.19 bits per heavy atom. The van der Waals surface area contributed by atoms with Crippen molar-refractivity contribution in [2.24, 2.45) is 0 Å². The number of benzene rings is 1. The van der Waals surface area contributed by atoms with Crippen molar-refractivity contribution in [1.29, 1.82) is 0 Å². The second-order valence-electron chi connectivity index (χ2n) is 2.67. The molecule has 0 aliphatic heterocycles. The van der Waals surface area contributed by atoms with Gasteiger partial charge in [0, 0.05) is 5.56 Å². The molecule has 1 aromatic rings. The number of alkyl halides is 2. The van der Waals surface area contributed by atoms with Gasteiger partial charge in [0.2, 0.25) is 5.78 Å². The van der Waals surface area contributed by atoms with Crippen molar-refractivity contribution in [3.63, 3.8) is 0 Å². The number of hydrogen-bond acceptors (Lipinski definition) is 4. The summed E-state index contributed by atoms with van der Waals surface area (Å²) in [5.74, 6) is -2.02. The van der Waals surface area contributed by atoms with E-state index in [0.29, 0.717) is 0 Å². The van der Waals surface area contributed by atoms with Gasteiger partial charge in [0.05, 0.1) is 0 Å². The Bertz CT molecular complexity index is 472. The molecule has 0 unspecified atom stereocenters. The van der Waals surface area contributed by atoms with Crippen LogP contribution in [0.5, 0.6) is 0 Å². The van der Waals surface area contributed by atoms with Gasteiger partial charge in [0.25, 0.3) is 0 Å². The van der Waals surface area contributed by atoms with E-state index in [2.05, 4.69) is 0 Å². The molecule has 0 amide bonds. The molecule has 16 heavy (non-hydrogen) atoms. The minimum atomic E-state index is -5.98. The Labute approximate surface area is 103 Å². The van der Waals surface area contributed by atoms with Gasteiger partial charge >= 0.3 is 24.1 Å². The van der Waals surface area contributed by atoms with E-state index in [-0.39, 0.29) is 18.9 Å². The van der Waals surface area contributed by atoms with Crippen molar-refractivity contribution in [2.45, 2.75) is 5.25 Å². The summed E-state index contributed by atoms with van der Waals surface area (Å²) < 4.78 is 55.9. The minimum absolute atomic E-state index is 0. The van der Waals surface area contributed by atoms with Crippen LogP contribution in [-0.2, 0) is 10.1 Å². The summed E-state index contributed by atoms with van der Waals surface area (Å²) >= 11 is 0. The standard InChI is InChI=1S/C8H6F2O4S.Li/c9-8(10,15(12,13)14)7(11)6-4-2-1-3-5-6;/h1-5H,(H,12,13,14);/q;+1/p-1. The fraction of sp³-hybridized carbons (Fsp3) is 0.125. The van der Waals surface area contributed by atoms with Crippen LogP contribution in [0.15, 0.2) is 30.3 Å². The number of ketones is 1. The Morgan fingerprint density at radius 3 is 2.00 bits per heavy atom. The maximum atomic E-state index is 12.8. The summed E-state index contributed by atoms with van der Waals surface area (Å²) in [6, 6.07) is 6.02. The van der Waals surface area contributed by atoms with Gasteiger partial charge in [-0.1, -0.05) is 30.3 Å². The quantitative estimate of drug-likeness (QED) is 0.349. The topological polar surface area (TPSA) is 74.3 Å². The third-order valence-electron chi connectivity index (χ3n) is 1.61. The molecule has 0 saturated heterocycles. The summed E-state index contributed by atoms with van der Waals surface area (Å²) in [5.41, 5.74) is -0.526. The van der Waals surface area contributed by atoms with Crippen molar-refractivity contribution in [3.8, 4) is 0 Å². The number of carbonyl (C=O) groups excluding carboxylic acids is 1. The second-order valence-corrected chi connectivity index (χ2v) is 4.09. The van der Waals surface area contributed by atoms with Gasteiger partial charge in [0.1, 0.15) is 0 Å². The first-order chi connectivity index (χ1) is 6.77. The number of rotatable bonds is 3. The molecule has 1 aromatic carbocycles. The Hall–Kier alpha value is -0.743. The number of halogens is 2. The predicted octanol–water partition coefficient (Wildman–Crippen LogP) is -1.99. The van der Waals surface area contributed by atoms with Gasteiger partial charge in [-0.05, 0) is 0 Å². The molecule has 0 saturated carbocycles. The van der Waals surface area contributed by atoms with E-state index in [1.54, 1.807) is 0 Å². The second kappa shape index (κ2) is 5.06. The molecule has 0 fully saturated rings. The van der Waals surface area contributed by atoms with Crippen molar-refractivity contribution in [1.82, 2.24) is 0 Å². The SMILES string of the molecule is O=C(c1ccccc1)C(F)(F)S(=O)(=O)[O-].[Li+]. The van der Waals surface area contributed by atoms with Gasteiger partial charge in [-0.2, -0.15) is 8.78 Å². The van der Waals surface area contributed by atoms with Gasteiger partial charge < -0.3 is 4.55 Å². The van der Waals surface area contributed by atoms with E-state index in [9.17, 15) is 26.5 Å². The van der Waals surface area contributed by atoms with Crippen molar-refractivity contribution in [3.05, 3.63) is 35.9 Å². The average molecular weight is 242 g/mol. The largest absolute Gasteiger partial charge is 1.00 e. The fourth-order valence-corrected chi connectivity index (χ4v) is 1.22. The molecule has 0 atom stereocenters. The normalized spacial score (nSPS) is 11.7. The van der Waals surface area contributed by atoms with Crippen LogP contribution in [0.3, 0.4) is 0 Å². The van der Waals surface area contributed by atoms with Crippen LogP contribution in [0, 0.1) is 0 Å². The van der Waals surface area contributed by atoms with E-state index in [4.69, 9.17) is 0 Å². The summed E-state index contributed by atoms with van der Waals surface area (Å²) in [6.45, 7) is 0. The molecule has 8 heteroatoms. The molecule has 0 aliphatic rings. The van der Waals surface area contributed by atoms with Crippen LogP contribution >= 0.6 is 0 Å². The first kappa shape index (κ1) is 15.3. The smallest absolute Gasteiger partial charge is 0.743 e. The molecule has 0 aromatic heterocycles. The summed E-state index contributed by atoms with van der Waals surface area (Å²) in [7, 11) is -5.98. The van der Waals surface area contributed by atoms with Crippen LogP contribution in [0.25, 0.3) is 0 Å². The molecule has 1 rings (SSSR count). The predicted molar refractivity (Wildman–Crippen MR) is 45.4 cm³/mol. The van der Waals surface area contributed by atoms with E-state index in [0.717, 1.165) is 12.1 Å². The summed E-state index contributed by atoms with van der Waals surface area (Å²) in [5, 5.41) is -4.92. The van der Waals surface area contributed by atoms with E-state index in [1.807, 2.05) is 0 Å². The molecule has 0 heterocycles. The van der Waals surface area contributed by atoms with Gasteiger partial charge in [0.15, 0.2) is 10.1 Å². The van der Waals surface area contributed by atoms with Gasteiger partial charge in [-0.3, -0.25) is 4.79 Å². The average Bonchev–Trinajstić information content (AvgIpc) is 2.16. The molecule has 0 aliphatic carbocycles. The van der Waals surface area contributed by atoms with Crippen LogP contribution in [0.2, 0.25) is 0 Å². The van der Waals surface area contributed by atoms with Crippen LogP contribution in [0.4, 0.5) is 8.78 Å². The Balaban J connectivity index is 0.00000225. The minimum Gasteiger partial charge on any atom is -0.743 e. The number of hydrogen-bond donors (Lipinski definition) is 0. The number of carbonyl (C=O) groups is 1. The fourth-order valence-electron chi connectivity index (χ4n) is 0.871. The zero-order valence-corrected chi connectivity index (χ0v) is 9.00. The summed E-state index contributed by atoms with van der Waals surface area (Å²) in [6.07, 6.45) is 0. The molecule has 0 N–H and O–H groups in total. The molecule has 0 spiro atoms. The monoisotopic (exact) mass is 242 g/mol. The molecule has 82 valence electrons. The Morgan fingerprint density at radius 2 is 1.62 bits per heavy atom.